The van der Waals surface area contributed by atoms with Crippen molar-refractivity contribution in [1.82, 2.24) is 10.2 Å². The van der Waals surface area contributed by atoms with E-state index in [1.807, 2.05) is 4.90 Å². The molecule has 0 bridgehead atoms. The normalized spacial score (nSPS) is 21.5. The maximum absolute atomic E-state index is 5.45. The molecule has 1 aliphatic heterocycles. The standard InChI is InChI=1S/C9H18N2O2S2/c14-9(15)11-3-7-12-5-1-10-2-6-13-8-4-11/h10H,1-8H2,(H,14,15). The summed E-state index contributed by atoms with van der Waals surface area (Å²) in [4.78, 5) is 1.99. The van der Waals surface area contributed by atoms with Crippen LogP contribution >= 0.6 is 24.8 Å². The van der Waals surface area contributed by atoms with Crippen molar-refractivity contribution in [3.8, 4) is 0 Å². The molecule has 0 saturated carbocycles. The molecular weight excluding hydrogens is 232 g/mol. The maximum Gasteiger partial charge on any atom is 0.133 e. The highest BCUT2D eigenvalue weighted by Crippen LogP contribution is 1.97. The molecule has 4 nitrogen and oxygen atoms in total. The second-order valence-electron chi connectivity index (χ2n) is 3.24. The Morgan fingerprint density at radius 1 is 1.07 bits per heavy atom. The van der Waals surface area contributed by atoms with Gasteiger partial charge in [0, 0.05) is 26.2 Å². The maximum atomic E-state index is 5.45. The highest BCUT2D eigenvalue weighted by atomic mass is 32.1. The second-order valence-corrected chi connectivity index (χ2v) is 4.36. The van der Waals surface area contributed by atoms with E-state index in [1.165, 1.54) is 0 Å². The lowest BCUT2D eigenvalue weighted by atomic mass is 10.5. The topological polar surface area (TPSA) is 33.7 Å². The Labute approximate surface area is 102 Å². The molecule has 1 heterocycles. The van der Waals surface area contributed by atoms with E-state index in [0.717, 1.165) is 39.4 Å². The number of rotatable bonds is 0. The van der Waals surface area contributed by atoms with Crippen LogP contribution in [0.3, 0.4) is 0 Å². The first-order chi connectivity index (χ1) is 7.30. The fourth-order valence-corrected chi connectivity index (χ4v) is 1.65. The van der Waals surface area contributed by atoms with E-state index in [-0.39, 0.29) is 0 Å². The van der Waals surface area contributed by atoms with Crippen LogP contribution < -0.4 is 5.32 Å². The smallest absolute Gasteiger partial charge is 0.133 e. The summed E-state index contributed by atoms with van der Waals surface area (Å²) < 4.78 is 11.5. The third-order valence-corrected chi connectivity index (χ3v) is 2.67. The van der Waals surface area contributed by atoms with E-state index in [0.29, 0.717) is 17.5 Å². The summed E-state index contributed by atoms with van der Waals surface area (Å²) >= 11 is 9.19. The summed E-state index contributed by atoms with van der Waals surface area (Å²) in [5, 5.41) is 3.23. The molecule has 88 valence electrons. The first-order valence-corrected chi connectivity index (χ1v) is 6.00. The molecule has 6 heteroatoms. The Balaban J connectivity index is 2.28. The van der Waals surface area contributed by atoms with E-state index in [1.54, 1.807) is 0 Å². The Bertz CT molecular complexity index is 181. The molecule has 0 radical (unpaired) electrons. The van der Waals surface area contributed by atoms with Crippen LogP contribution in [0.15, 0.2) is 0 Å². The average Bonchev–Trinajstić information content (AvgIpc) is 2.18. The monoisotopic (exact) mass is 250 g/mol. The Kier molecular flexibility index (Phi) is 7.29. The summed E-state index contributed by atoms with van der Waals surface area (Å²) in [6.07, 6.45) is 0. The van der Waals surface area contributed by atoms with Crippen molar-refractivity contribution in [3.63, 3.8) is 0 Å². The van der Waals surface area contributed by atoms with Crippen LogP contribution in [-0.2, 0) is 9.47 Å². The summed E-state index contributed by atoms with van der Waals surface area (Å²) in [6, 6.07) is 0. The van der Waals surface area contributed by atoms with Crippen LogP contribution in [0.4, 0.5) is 0 Å². The van der Waals surface area contributed by atoms with Gasteiger partial charge < -0.3 is 19.7 Å². The van der Waals surface area contributed by atoms with Gasteiger partial charge in [0.2, 0.25) is 0 Å². The van der Waals surface area contributed by atoms with Crippen molar-refractivity contribution >= 4 is 29.2 Å². The van der Waals surface area contributed by atoms with Gasteiger partial charge >= 0.3 is 0 Å². The zero-order valence-corrected chi connectivity index (χ0v) is 10.5. The molecule has 0 amide bonds. The number of nitrogens with zero attached hydrogens (tertiary/aromatic N) is 1. The molecule has 1 rings (SSSR count). The molecular formula is C9H18N2O2S2. The summed E-state index contributed by atoms with van der Waals surface area (Å²) in [5.41, 5.74) is 0. The van der Waals surface area contributed by atoms with Gasteiger partial charge in [0.25, 0.3) is 0 Å². The number of ether oxygens (including phenoxy) is 2. The van der Waals surface area contributed by atoms with Gasteiger partial charge in [-0.15, -0.1) is 12.6 Å². The number of nitrogens with one attached hydrogen (secondary N) is 1. The SMILES string of the molecule is S=C(S)N1CCOCCNCCOCC1. The van der Waals surface area contributed by atoms with Gasteiger partial charge in [-0.3, -0.25) is 0 Å². The van der Waals surface area contributed by atoms with Gasteiger partial charge in [0.15, 0.2) is 0 Å². The van der Waals surface area contributed by atoms with Crippen molar-refractivity contribution in [1.29, 1.82) is 0 Å². The van der Waals surface area contributed by atoms with Gasteiger partial charge in [0.1, 0.15) is 4.32 Å². The fraction of sp³-hybridized carbons (Fsp3) is 0.889. The molecule has 0 aromatic heterocycles. The van der Waals surface area contributed by atoms with Gasteiger partial charge in [-0.05, 0) is 0 Å². The first-order valence-electron chi connectivity index (χ1n) is 5.15. The van der Waals surface area contributed by atoms with Crippen LogP contribution in [0.2, 0.25) is 0 Å². The number of hydrogen-bond acceptors (Lipinski definition) is 4. The minimum absolute atomic E-state index is 0.609. The fourth-order valence-electron chi connectivity index (χ4n) is 1.27. The number of hydrogen-bond donors (Lipinski definition) is 2. The van der Waals surface area contributed by atoms with Crippen molar-refractivity contribution in [3.05, 3.63) is 0 Å². The average molecular weight is 250 g/mol. The van der Waals surface area contributed by atoms with Gasteiger partial charge in [-0.2, -0.15) is 0 Å². The zero-order valence-electron chi connectivity index (χ0n) is 8.78. The number of thiocarbonyl (C=S) groups is 1. The third-order valence-electron chi connectivity index (χ3n) is 2.13. The van der Waals surface area contributed by atoms with Crippen LogP contribution in [0.25, 0.3) is 0 Å². The molecule has 0 aromatic rings. The Morgan fingerprint density at radius 2 is 1.60 bits per heavy atom. The largest absolute Gasteiger partial charge is 0.378 e. The molecule has 0 atom stereocenters. The molecule has 0 spiro atoms. The predicted molar refractivity (Wildman–Crippen MR) is 67.7 cm³/mol. The van der Waals surface area contributed by atoms with E-state index in [9.17, 15) is 0 Å². The summed E-state index contributed by atoms with van der Waals surface area (Å²) in [5.74, 6) is 0. The number of thiol groups is 1. The predicted octanol–water partition coefficient (Wildman–Crippen LogP) is 0.139. The Hall–Kier alpha value is 0.120. The van der Waals surface area contributed by atoms with Crippen molar-refractivity contribution in [2.75, 3.05) is 52.6 Å². The highest BCUT2D eigenvalue weighted by molar-refractivity contribution is 8.10. The lowest BCUT2D eigenvalue weighted by molar-refractivity contribution is 0.0880. The van der Waals surface area contributed by atoms with Crippen LogP contribution in [0.1, 0.15) is 0 Å². The molecule has 1 N–H and O–H groups in total. The quantitative estimate of drug-likeness (QED) is 0.472. The van der Waals surface area contributed by atoms with E-state index in [2.05, 4.69) is 17.9 Å². The minimum Gasteiger partial charge on any atom is -0.378 e. The second kappa shape index (κ2) is 8.29. The van der Waals surface area contributed by atoms with Gasteiger partial charge in [-0.25, -0.2) is 0 Å². The Morgan fingerprint density at radius 3 is 2.07 bits per heavy atom. The molecule has 0 aliphatic carbocycles. The van der Waals surface area contributed by atoms with Gasteiger partial charge in [0.05, 0.1) is 26.4 Å². The molecule has 0 unspecified atom stereocenters. The summed E-state index contributed by atoms with van der Waals surface area (Å²) in [7, 11) is 0. The third kappa shape index (κ3) is 6.32. The molecule has 1 fully saturated rings. The lowest BCUT2D eigenvalue weighted by Gasteiger charge is -2.23. The van der Waals surface area contributed by atoms with Crippen molar-refractivity contribution < 1.29 is 9.47 Å². The first kappa shape index (κ1) is 13.2. The molecule has 15 heavy (non-hydrogen) atoms. The lowest BCUT2D eigenvalue weighted by Crippen LogP contribution is -2.35. The van der Waals surface area contributed by atoms with E-state index >= 15 is 0 Å². The minimum atomic E-state index is 0.609. The van der Waals surface area contributed by atoms with Crippen molar-refractivity contribution in [2.24, 2.45) is 0 Å². The zero-order chi connectivity index (χ0) is 10.9. The van der Waals surface area contributed by atoms with Crippen LogP contribution in [0, 0.1) is 0 Å². The van der Waals surface area contributed by atoms with E-state index < -0.39 is 0 Å². The van der Waals surface area contributed by atoms with Crippen LogP contribution in [-0.4, -0.2) is 61.8 Å². The van der Waals surface area contributed by atoms with Crippen molar-refractivity contribution in [2.45, 2.75) is 0 Å². The molecule has 1 aliphatic rings. The van der Waals surface area contributed by atoms with Crippen LogP contribution in [0.5, 0.6) is 0 Å². The molecule has 1 saturated heterocycles. The van der Waals surface area contributed by atoms with E-state index in [4.69, 9.17) is 21.7 Å². The highest BCUT2D eigenvalue weighted by Gasteiger charge is 2.06. The molecule has 0 aromatic carbocycles. The van der Waals surface area contributed by atoms with Gasteiger partial charge in [-0.1, -0.05) is 12.2 Å². The summed E-state index contributed by atoms with van der Waals surface area (Å²) in [6.45, 7) is 6.13.